The largest absolute Gasteiger partial charge is 0.481 e. The van der Waals surface area contributed by atoms with Gasteiger partial charge in [-0.05, 0) is 62.4 Å². The fourth-order valence-corrected chi connectivity index (χ4v) is 6.72. The first-order valence-corrected chi connectivity index (χ1v) is 21.1. The predicted octanol–water partition coefficient (Wildman–Crippen LogP) is -2.41. The van der Waals surface area contributed by atoms with Crippen LogP contribution in [0.5, 0.6) is 0 Å². The molecule has 23 nitrogen and oxygen atoms in total. The lowest BCUT2D eigenvalue weighted by molar-refractivity contribution is -0.147. The maximum atomic E-state index is 13.8. The smallest absolute Gasteiger partial charge is 0.326 e. The fraction of sp³-hybridized carbons (Fsp3) is 0.703. The van der Waals surface area contributed by atoms with E-state index in [4.69, 9.17) is 10.8 Å². The Bertz CT molecular complexity index is 1610. The number of rotatable bonds is 28. The number of hydrogen-bond donors (Lipinski definition) is 11. The first-order chi connectivity index (χ1) is 28.5. The highest BCUT2D eigenvalue weighted by Gasteiger charge is 2.38. The lowest BCUT2D eigenvalue weighted by Crippen LogP contribution is -2.61. The second kappa shape index (κ2) is 26.6. The third-order valence-corrected chi connectivity index (χ3v) is 10.1. The molecular formula is C37H60N8O15S. The number of carboxylic acid groups (broad SMARTS) is 4. The van der Waals surface area contributed by atoms with Crippen LogP contribution in [0.1, 0.15) is 85.5 Å². The van der Waals surface area contributed by atoms with E-state index in [0.29, 0.717) is 12.2 Å². The highest BCUT2D eigenvalue weighted by atomic mass is 32.2. The molecule has 0 aromatic heterocycles. The molecule has 7 amide bonds. The molecule has 0 aliphatic carbocycles. The predicted molar refractivity (Wildman–Crippen MR) is 216 cm³/mol. The summed E-state index contributed by atoms with van der Waals surface area (Å²) in [6.07, 6.45) is -0.695. The van der Waals surface area contributed by atoms with Crippen LogP contribution in [-0.2, 0) is 52.7 Å². The molecule has 0 saturated carbocycles. The third-order valence-electron chi connectivity index (χ3n) is 9.43. The molecule has 1 heterocycles. The molecule has 0 aromatic rings. The highest BCUT2D eigenvalue weighted by molar-refractivity contribution is 7.98. The van der Waals surface area contributed by atoms with E-state index in [1.165, 1.54) is 16.7 Å². The Balaban J connectivity index is 3.34. The highest BCUT2D eigenvalue weighted by Crippen LogP contribution is 2.18. The van der Waals surface area contributed by atoms with Crippen molar-refractivity contribution in [3.8, 4) is 0 Å². The Hall–Kier alpha value is -5.52. The van der Waals surface area contributed by atoms with Crippen LogP contribution in [0.3, 0.4) is 0 Å². The van der Waals surface area contributed by atoms with Gasteiger partial charge in [0.1, 0.15) is 42.3 Å². The number of thioether (sulfide) groups is 1. The molecule has 61 heavy (non-hydrogen) atoms. The molecule has 1 saturated heterocycles. The average Bonchev–Trinajstić information content (AvgIpc) is 3.67. The molecule has 344 valence electrons. The maximum Gasteiger partial charge on any atom is 0.326 e. The number of nitrogens with zero attached hydrogens (tertiary/aromatic N) is 1. The van der Waals surface area contributed by atoms with Crippen molar-refractivity contribution in [2.45, 2.75) is 128 Å². The fourth-order valence-electron chi connectivity index (χ4n) is 6.25. The van der Waals surface area contributed by atoms with Gasteiger partial charge in [0.25, 0.3) is 0 Å². The number of carbonyl (C=O) groups excluding carboxylic acids is 7. The van der Waals surface area contributed by atoms with Gasteiger partial charge in [-0.2, -0.15) is 11.8 Å². The molecular weight excluding hydrogens is 829 g/mol. The lowest BCUT2D eigenvalue weighted by atomic mass is 9.99. The number of amides is 7. The van der Waals surface area contributed by atoms with Gasteiger partial charge >= 0.3 is 23.9 Å². The summed E-state index contributed by atoms with van der Waals surface area (Å²) in [5.41, 5.74) is 5.46. The second-order valence-corrected chi connectivity index (χ2v) is 16.2. The van der Waals surface area contributed by atoms with Gasteiger partial charge < -0.3 is 63.0 Å². The number of carboxylic acids is 4. The van der Waals surface area contributed by atoms with Crippen LogP contribution < -0.4 is 37.6 Å². The van der Waals surface area contributed by atoms with Crippen molar-refractivity contribution in [1.82, 2.24) is 36.8 Å². The van der Waals surface area contributed by atoms with Crippen LogP contribution in [0.2, 0.25) is 0 Å². The molecule has 0 unspecified atom stereocenters. The van der Waals surface area contributed by atoms with E-state index in [2.05, 4.69) is 31.9 Å². The van der Waals surface area contributed by atoms with Crippen LogP contribution in [0, 0.1) is 11.8 Å². The number of aliphatic carboxylic acids is 4. The Morgan fingerprint density at radius 3 is 1.57 bits per heavy atom. The molecule has 0 aromatic carbocycles. The second-order valence-electron chi connectivity index (χ2n) is 15.2. The molecule has 1 rings (SSSR count). The van der Waals surface area contributed by atoms with Gasteiger partial charge in [0.05, 0.1) is 13.0 Å². The van der Waals surface area contributed by atoms with E-state index in [1.54, 1.807) is 34.0 Å². The van der Waals surface area contributed by atoms with Gasteiger partial charge in [0, 0.05) is 19.4 Å². The van der Waals surface area contributed by atoms with Crippen molar-refractivity contribution in [1.29, 1.82) is 0 Å². The maximum absolute atomic E-state index is 13.8. The normalized spacial score (nSPS) is 16.5. The number of nitrogens with two attached hydrogens (primary N) is 1. The number of nitrogens with one attached hydrogen (secondary N) is 6. The molecule has 1 aliphatic rings. The summed E-state index contributed by atoms with van der Waals surface area (Å²) < 4.78 is 0. The van der Waals surface area contributed by atoms with Gasteiger partial charge in [-0.15, -0.1) is 0 Å². The molecule has 0 radical (unpaired) electrons. The summed E-state index contributed by atoms with van der Waals surface area (Å²) in [7, 11) is 0. The van der Waals surface area contributed by atoms with E-state index in [-0.39, 0.29) is 38.3 Å². The SMILES string of the molecule is CSCC[C@H](NC(=O)[C@H](CC(C)C)NC(=O)[C@@H](NC(=O)[C@H](CCC(=O)O)NC(=O)[C@H](CCC(=O)O)NC(=O)[C@@H]1CCCN1C(=O)CN)C(C)C)C(=O)N[C@@H](CC(=O)O)C(=O)O. The number of carbonyl (C=O) groups is 11. The summed E-state index contributed by atoms with van der Waals surface area (Å²) >= 11 is 1.31. The van der Waals surface area contributed by atoms with Crippen molar-refractivity contribution >= 4 is 77.0 Å². The van der Waals surface area contributed by atoms with Crippen molar-refractivity contribution in [2.24, 2.45) is 17.6 Å². The molecule has 24 heteroatoms. The van der Waals surface area contributed by atoms with Crippen LogP contribution in [0.15, 0.2) is 0 Å². The van der Waals surface area contributed by atoms with Gasteiger partial charge in [0.2, 0.25) is 41.4 Å². The standard InChI is InChI=1S/C37H60N8O15S/c1-18(2)15-23(34(56)40-22(12-14-61-5)32(54)43-24(37(59)60)16-29(51)52)42-36(58)30(19(3)4)44-33(55)21(9-11-28(49)50)39-31(53)20(8-10-27(47)48)41-35(57)25-7-6-13-45(25)26(46)17-38/h18-25,30H,6-17,38H2,1-5H3,(H,39,53)(H,40,56)(H,41,57)(H,42,58)(H,43,54)(H,44,55)(H,47,48)(H,49,50)(H,51,52)(H,59,60)/t20-,21-,22-,23-,24-,25-,30-/m0/s1. The quantitative estimate of drug-likeness (QED) is 0.0390. The molecule has 1 aliphatic heterocycles. The average molecular weight is 889 g/mol. The Kier molecular flexibility index (Phi) is 23.4. The summed E-state index contributed by atoms with van der Waals surface area (Å²) in [5, 5.41) is 51.7. The van der Waals surface area contributed by atoms with Crippen LogP contribution in [0.25, 0.3) is 0 Å². The minimum Gasteiger partial charge on any atom is -0.481 e. The van der Waals surface area contributed by atoms with E-state index in [1.807, 2.05) is 0 Å². The molecule has 1 fully saturated rings. The van der Waals surface area contributed by atoms with Crippen molar-refractivity contribution in [3.05, 3.63) is 0 Å². The zero-order valence-electron chi connectivity index (χ0n) is 34.9. The van der Waals surface area contributed by atoms with Crippen molar-refractivity contribution in [2.75, 3.05) is 25.1 Å². The van der Waals surface area contributed by atoms with Gasteiger partial charge in [-0.25, -0.2) is 4.79 Å². The summed E-state index contributed by atoms with van der Waals surface area (Å²) in [4.78, 5) is 140. The van der Waals surface area contributed by atoms with E-state index in [9.17, 15) is 68.1 Å². The van der Waals surface area contributed by atoms with E-state index >= 15 is 0 Å². The monoisotopic (exact) mass is 888 g/mol. The van der Waals surface area contributed by atoms with Gasteiger partial charge in [-0.3, -0.25) is 47.9 Å². The van der Waals surface area contributed by atoms with Crippen LogP contribution in [-0.4, -0.2) is 158 Å². The minimum absolute atomic E-state index is 0.00244. The Morgan fingerprint density at radius 2 is 1.11 bits per heavy atom. The zero-order chi connectivity index (χ0) is 46.6. The third kappa shape index (κ3) is 19.2. The van der Waals surface area contributed by atoms with E-state index in [0.717, 1.165) is 0 Å². The first kappa shape index (κ1) is 53.5. The van der Waals surface area contributed by atoms with Crippen LogP contribution in [0.4, 0.5) is 0 Å². The summed E-state index contributed by atoms with van der Waals surface area (Å²) in [6.45, 7) is 6.42. The van der Waals surface area contributed by atoms with Crippen LogP contribution >= 0.6 is 11.8 Å². The lowest BCUT2D eigenvalue weighted by Gasteiger charge is -2.29. The zero-order valence-corrected chi connectivity index (χ0v) is 35.7. The summed E-state index contributed by atoms with van der Waals surface area (Å²) in [5.74, 6) is -12.4. The number of likely N-dealkylation sites (tertiary alicyclic amines) is 1. The molecule has 7 atom stereocenters. The molecule has 0 spiro atoms. The number of hydrogen-bond acceptors (Lipinski definition) is 13. The van der Waals surface area contributed by atoms with Gasteiger partial charge in [-0.1, -0.05) is 27.7 Å². The Labute approximate surface area is 356 Å². The van der Waals surface area contributed by atoms with E-state index < -0.39 is 146 Å². The molecule has 0 bridgehead atoms. The summed E-state index contributed by atoms with van der Waals surface area (Å²) in [6, 6.07) is -10.0. The van der Waals surface area contributed by atoms with Crippen molar-refractivity contribution in [3.63, 3.8) is 0 Å². The van der Waals surface area contributed by atoms with Gasteiger partial charge in [0.15, 0.2) is 0 Å². The Morgan fingerprint density at radius 1 is 0.639 bits per heavy atom. The minimum atomic E-state index is -1.80. The molecule has 12 N–H and O–H groups in total. The van der Waals surface area contributed by atoms with Crippen molar-refractivity contribution < 1.29 is 73.2 Å². The topological polar surface area (TPSA) is 370 Å². The first-order valence-electron chi connectivity index (χ1n) is 19.7.